The summed E-state index contributed by atoms with van der Waals surface area (Å²) in [6.07, 6.45) is -2.69. The Balaban J connectivity index is 3.34. The summed E-state index contributed by atoms with van der Waals surface area (Å²) >= 11 is 0. The van der Waals surface area contributed by atoms with Crippen molar-refractivity contribution in [2.24, 2.45) is 29.6 Å². The van der Waals surface area contributed by atoms with Crippen LogP contribution in [-0.2, 0) is 19.1 Å². The predicted octanol–water partition coefficient (Wildman–Crippen LogP) is 1.50. The highest BCUT2D eigenvalue weighted by Gasteiger charge is 2.44. The number of aliphatic hydroxyl groups is 3. The molecule has 0 aromatic heterocycles. The van der Waals surface area contributed by atoms with Gasteiger partial charge in [0.2, 0.25) is 0 Å². The largest absolute Gasteiger partial charge is 0.462 e. The van der Waals surface area contributed by atoms with E-state index in [2.05, 4.69) is 0 Å². The van der Waals surface area contributed by atoms with Gasteiger partial charge in [-0.1, -0.05) is 34.6 Å². The van der Waals surface area contributed by atoms with E-state index in [9.17, 15) is 29.7 Å². The number of rotatable bonds is 1. The lowest BCUT2D eigenvalue weighted by molar-refractivity contribution is -0.167. The fourth-order valence-electron chi connectivity index (χ4n) is 4.13. The first kappa shape index (κ1) is 24.7. The summed E-state index contributed by atoms with van der Waals surface area (Å²) in [5.74, 6) is -5.47. The molecule has 0 bridgehead atoms. The molecule has 0 unspecified atom stereocenters. The third kappa shape index (κ3) is 5.19. The van der Waals surface area contributed by atoms with Gasteiger partial charge in [-0.15, -0.1) is 0 Å². The van der Waals surface area contributed by atoms with Gasteiger partial charge in [-0.2, -0.15) is 0 Å². The molecule has 0 radical (unpaired) electrons. The van der Waals surface area contributed by atoms with Crippen LogP contribution in [0.15, 0.2) is 0 Å². The Kier molecular flexibility index (Phi) is 8.35. The third-order valence-electron chi connectivity index (χ3n) is 6.29. The van der Waals surface area contributed by atoms with Gasteiger partial charge in [0, 0.05) is 23.7 Å². The van der Waals surface area contributed by atoms with Gasteiger partial charge in [0.25, 0.3) is 0 Å². The van der Waals surface area contributed by atoms with Gasteiger partial charge in [0.05, 0.1) is 18.1 Å². The van der Waals surface area contributed by atoms with E-state index in [1.807, 2.05) is 6.92 Å². The van der Waals surface area contributed by atoms with E-state index in [1.165, 1.54) is 20.8 Å². The average molecular weight is 401 g/mol. The van der Waals surface area contributed by atoms with Gasteiger partial charge < -0.3 is 20.1 Å². The van der Waals surface area contributed by atoms with Crippen LogP contribution in [0.3, 0.4) is 0 Å². The fourth-order valence-corrected chi connectivity index (χ4v) is 4.13. The van der Waals surface area contributed by atoms with Crippen LogP contribution >= 0.6 is 0 Å². The zero-order valence-corrected chi connectivity index (χ0v) is 18.0. The van der Waals surface area contributed by atoms with Gasteiger partial charge >= 0.3 is 5.97 Å². The summed E-state index contributed by atoms with van der Waals surface area (Å²) in [4.78, 5) is 38.1. The van der Waals surface area contributed by atoms with Crippen LogP contribution in [-0.4, -0.2) is 56.8 Å². The molecule has 0 aromatic rings. The van der Waals surface area contributed by atoms with Crippen molar-refractivity contribution in [3.05, 3.63) is 0 Å². The molecular weight excluding hydrogens is 364 g/mol. The van der Waals surface area contributed by atoms with Crippen LogP contribution < -0.4 is 0 Å². The minimum atomic E-state index is -1.84. The Morgan fingerprint density at radius 1 is 0.964 bits per heavy atom. The van der Waals surface area contributed by atoms with Crippen LogP contribution in [0.2, 0.25) is 0 Å². The maximum Gasteiger partial charge on any atom is 0.311 e. The van der Waals surface area contributed by atoms with Gasteiger partial charge in [-0.3, -0.25) is 14.4 Å². The molecule has 7 nitrogen and oxygen atoms in total. The minimum absolute atomic E-state index is 0.122. The lowest BCUT2D eigenvalue weighted by atomic mass is 9.76. The molecule has 0 saturated carbocycles. The summed E-state index contributed by atoms with van der Waals surface area (Å²) in [7, 11) is 0. The molecule has 1 aliphatic heterocycles. The number of carbonyl (C=O) groups is 3. The second-order valence-electron chi connectivity index (χ2n) is 8.74. The van der Waals surface area contributed by atoms with Crippen molar-refractivity contribution in [1.29, 1.82) is 0 Å². The highest BCUT2D eigenvalue weighted by atomic mass is 16.5. The number of ketones is 2. The van der Waals surface area contributed by atoms with E-state index in [1.54, 1.807) is 20.8 Å². The first-order valence-electron chi connectivity index (χ1n) is 10.1. The minimum Gasteiger partial charge on any atom is -0.462 e. The van der Waals surface area contributed by atoms with E-state index < -0.39 is 65.3 Å². The number of cyclic esters (lactones) is 1. The first-order valence-corrected chi connectivity index (χ1v) is 10.1. The fraction of sp³-hybridized carbons (Fsp3) is 0.857. The van der Waals surface area contributed by atoms with Gasteiger partial charge in [-0.25, -0.2) is 0 Å². The van der Waals surface area contributed by atoms with Gasteiger partial charge in [-0.05, 0) is 26.7 Å². The van der Waals surface area contributed by atoms with Crippen molar-refractivity contribution in [2.45, 2.75) is 85.2 Å². The Hall–Kier alpha value is -1.31. The van der Waals surface area contributed by atoms with Gasteiger partial charge in [0.15, 0.2) is 5.78 Å². The van der Waals surface area contributed by atoms with Gasteiger partial charge in [0.1, 0.15) is 17.5 Å². The van der Waals surface area contributed by atoms with E-state index >= 15 is 0 Å². The third-order valence-corrected chi connectivity index (χ3v) is 6.29. The summed E-state index contributed by atoms with van der Waals surface area (Å²) < 4.78 is 5.51. The molecule has 162 valence electrons. The number of esters is 1. The number of carbonyl (C=O) groups excluding carboxylic acids is 3. The topological polar surface area (TPSA) is 121 Å². The Morgan fingerprint density at radius 2 is 1.50 bits per heavy atom. The molecule has 1 rings (SSSR count). The van der Waals surface area contributed by atoms with Crippen molar-refractivity contribution in [3.63, 3.8) is 0 Å². The number of Topliss-reactive ketones (excluding diaryl/α,β-unsaturated/α-hetero) is 2. The number of hydrogen-bond acceptors (Lipinski definition) is 7. The average Bonchev–Trinajstić information content (AvgIpc) is 2.65. The molecule has 28 heavy (non-hydrogen) atoms. The molecule has 1 aliphatic rings. The van der Waals surface area contributed by atoms with E-state index in [0.717, 1.165) is 0 Å². The number of aliphatic hydroxyl groups excluding tert-OH is 2. The molecule has 0 amide bonds. The second-order valence-corrected chi connectivity index (χ2v) is 8.74. The molecular formula is C21H36O7. The molecule has 0 aromatic carbocycles. The predicted molar refractivity (Wildman–Crippen MR) is 103 cm³/mol. The number of hydrogen-bond donors (Lipinski definition) is 3. The molecule has 0 aliphatic carbocycles. The van der Waals surface area contributed by atoms with Crippen molar-refractivity contribution in [2.75, 3.05) is 0 Å². The first-order chi connectivity index (χ1) is 12.8. The second kappa shape index (κ2) is 9.46. The van der Waals surface area contributed by atoms with Crippen LogP contribution in [0.1, 0.15) is 61.3 Å². The maximum atomic E-state index is 12.8. The van der Waals surface area contributed by atoms with Crippen LogP contribution in [0, 0.1) is 29.6 Å². The smallest absolute Gasteiger partial charge is 0.311 e. The van der Waals surface area contributed by atoms with Crippen molar-refractivity contribution < 1.29 is 34.4 Å². The van der Waals surface area contributed by atoms with Crippen LogP contribution in [0.5, 0.6) is 0 Å². The zero-order valence-electron chi connectivity index (χ0n) is 18.0. The highest BCUT2D eigenvalue weighted by Crippen LogP contribution is 2.31. The Morgan fingerprint density at radius 3 is 2.00 bits per heavy atom. The molecule has 1 heterocycles. The monoisotopic (exact) mass is 400 g/mol. The molecule has 0 spiro atoms. The zero-order chi connectivity index (χ0) is 22.0. The van der Waals surface area contributed by atoms with E-state index in [4.69, 9.17) is 4.74 Å². The van der Waals surface area contributed by atoms with Crippen molar-refractivity contribution in [1.82, 2.24) is 0 Å². The normalized spacial score (nSPS) is 44.7. The summed E-state index contributed by atoms with van der Waals surface area (Å²) in [6.45, 7) is 11.0. The number of ether oxygens (including phenoxy) is 1. The molecule has 1 saturated heterocycles. The lowest BCUT2D eigenvalue weighted by Gasteiger charge is -2.35. The van der Waals surface area contributed by atoms with Crippen molar-refractivity contribution in [3.8, 4) is 0 Å². The summed E-state index contributed by atoms with van der Waals surface area (Å²) in [5, 5.41) is 31.9. The summed E-state index contributed by atoms with van der Waals surface area (Å²) in [5.41, 5.74) is -1.84. The molecule has 1 fully saturated rings. The maximum absolute atomic E-state index is 12.8. The molecule has 3 N–H and O–H groups in total. The highest BCUT2D eigenvalue weighted by molar-refractivity contribution is 5.91. The summed E-state index contributed by atoms with van der Waals surface area (Å²) in [6, 6.07) is 0. The lowest BCUT2D eigenvalue weighted by Crippen LogP contribution is -2.49. The van der Waals surface area contributed by atoms with Crippen LogP contribution in [0.25, 0.3) is 0 Å². The standard InChI is InChI=1S/C21H36O7/c1-8-15-11(3)17(23)12(4)16(22)10(2)9-21(7,27)19(25)13(5)18(24)14(6)20(26)28-15/h10-15,17-18,23-24,27H,8-9H2,1-7H3/t10-,11+,12-,13+,14-,15+,17+,18-,21-/m1/s1. The molecule has 9 atom stereocenters. The van der Waals surface area contributed by atoms with E-state index in [-0.39, 0.29) is 12.2 Å². The van der Waals surface area contributed by atoms with Crippen LogP contribution in [0.4, 0.5) is 0 Å². The Labute approximate surface area is 167 Å². The Bertz CT molecular complexity index is 585. The SMILES string of the molecule is CC[C@@H]1OC(=O)[C@H](C)[C@H](O)[C@H](C)C(=O)[C@](C)(O)C[C@@H](C)C(=O)[C@@H](C)[C@@H](O)[C@H]1C. The molecule has 7 heteroatoms. The quantitative estimate of drug-likeness (QED) is 0.570. The van der Waals surface area contributed by atoms with Crippen molar-refractivity contribution >= 4 is 17.5 Å². The van der Waals surface area contributed by atoms with E-state index in [0.29, 0.717) is 6.42 Å².